The molecule has 0 saturated carbocycles. The zero-order chi connectivity index (χ0) is 26.2. The van der Waals surface area contributed by atoms with E-state index in [1.54, 1.807) is 4.90 Å². The van der Waals surface area contributed by atoms with E-state index in [1.807, 2.05) is 0 Å². The number of anilines is 3. The van der Waals surface area contributed by atoms with Crippen LogP contribution >= 0.6 is 11.6 Å². The summed E-state index contributed by atoms with van der Waals surface area (Å²) in [6.45, 7) is 0.621. The number of alkyl halides is 3. The zero-order valence-corrected chi connectivity index (χ0v) is 19.7. The smallest absolute Gasteiger partial charge is 0.381 e. The Bertz CT molecular complexity index is 1170. The molecular formula is C22H24ClF4N7O2. The minimum Gasteiger partial charge on any atom is -0.381 e. The summed E-state index contributed by atoms with van der Waals surface area (Å²) < 4.78 is 54.2. The summed E-state index contributed by atoms with van der Waals surface area (Å²) in [7, 11) is 0. The number of aromatic nitrogens is 2. The number of nitrogens with one attached hydrogen (secondary N) is 1. The molecule has 0 bridgehead atoms. The van der Waals surface area contributed by atoms with Crippen LogP contribution in [0.3, 0.4) is 0 Å². The van der Waals surface area contributed by atoms with Crippen molar-refractivity contribution < 1.29 is 27.2 Å². The van der Waals surface area contributed by atoms with Gasteiger partial charge in [-0.3, -0.25) is 9.59 Å². The van der Waals surface area contributed by atoms with Gasteiger partial charge in [0, 0.05) is 30.3 Å². The largest absolute Gasteiger partial charge is 0.416 e. The Morgan fingerprint density at radius 1 is 1.17 bits per heavy atom. The van der Waals surface area contributed by atoms with Crippen LogP contribution in [0.2, 0.25) is 5.02 Å². The molecule has 1 aromatic carbocycles. The van der Waals surface area contributed by atoms with Crippen LogP contribution in [-0.4, -0.2) is 58.4 Å². The first-order valence-electron chi connectivity index (χ1n) is 11.2. The Balaban J connectivity index is 1.57. The maximum absolute atomic E-state index is 14.6. The predicted molar refractivity (Wildman–Crippen MR) is 125 cm³/mol. The molecule has 3 heterocycles. The van der Waals surface area contributed by atoms with E-state index in [-0.39, 0.29) is 41.9 Å². The molecular weight excluding hydrogens is 506 g/mol. The van der Waals surface area contributed by atoms with Crippen molar-refractivity contribution in [2.24, 2.45) is 11.7 Å². The molecule has 2 saturated heterocycles. The Morgan fingerprint density at radius 3 is 2.61 bits per heavy atom. The van der Waals surface area contributed by atoms with Gasteiger partial charge in [-0.15, -0.1) is 0 Å². The van der Waals surface area contributed by atoms with Crippen molar-refractivity contribution >= 4 is 40.7 Å². The first kappa shape index (κ1) is 25.7. The lowest BCUT2D eigenvalue weighted by Gasteiger charge is -2.46. The second kappa shape index (κ2) is 9.96. The normalized spacial score (nSPS) is 23.0. The van der Waals surface area contributed by atoms with E-state index in [2.05, 4.69) is 15.3 Å². The molecule has 0 radical (unpaired) electrons. The van der Waals surface area contributed by atoms with Crippen molar-refractivity contribution in [3.05, 3.63) is 40.9 Å². The minimum atomic E-state index is -4.61. The summed E-state index contributed by atoms with van der Waals surface area (Å²) in [5.41, 5.74) is 10.3. The molecule has 194 valence electrons. The van der Waals surface area contributed by atoms with Crippen LogP contribution in [0.1, 0.15) is 24.8 Å². The molecule has 5 N–H and O–H groups in total. The van der Waals surface area contributed by atoms with Crippen LogP contribution in [0.4, 0.5) is 34.9 Å². The van der Waals surface area contributed by atoms with E-state index in [9.17, 15) is 27.2 Å². The number of likely N-dealkylation sites (tertiary alicyclic amines) is 1. The van der Waals surface area contributed by atoms with E-state index >= 15 is 0 Å². The van der Waals surface area contributed by atoms with Crippen LogP contribution < -0.4 is 21.7 Å². The van der Waals surface area contributed by atoms with Gasteiger partial charge in [0.15, 0.2) is 11.6 Å². The molecule has 2 aliphatic rings. The molecule has 2 amide bonds. The quantitative estimate of drug-likeness (QED) is 0.508. The highest BCUT2D eigenvalue weighted by Crippen LogP contribution is 2.35. The molecule has 14 heteroatoms. The molecule has 2 aliphatic heterocycles. The van der Waals surface area contributed by atoms with Gasteiger partial charge in [-0.05, 0) is 37.5 Å². The van der Waals surface area contributed by atoms with E-state index in [4.69, 9.17) is 23.1 Å². The van der Waals surface area contributed by atoms with E-state index in [0.29, 0.717) is 19.4 Å². The molecule has 2 aromatic rings. The Labute approximate surface area is 208 Å². The predicted octanol–water partition coefficient (Wildman–Crippen LogP) is 2.65. The van der Waals surface area contributed by atoms with E-state index < -0.39 is 47.4 Å². The number of rotatable bonds is 5. The van der Waals surface area contributed by atoms with Crippen LogP contribution in [0, 0.1) is 11.7 Å². The number of benzene rings is 1. The van der Waals surface area contributed by atoms with Gasteiger partial charge in [-0.1, -0.05) is 11.6 Å². The number of halogens is 5. The van der Waals surface area contributed by atoms with Crippen molar-refractivity contribution in [2.45, 2.75) is 37.5 Å². The van der Waals surface area contributed by atoms with Gasteiger partial charge in [-0.25, -0.2) is 9.97 Å². The lowest BCUT2D eigenvalue weighted by atomic mass is 9.87. The molecule has 0 aliphatic carbocycles. The van der Waals surface area contributed by atoms with Gasteiger partial charge in [0.25, 0.3) is 0 Å². The van der Waals surface area contributed by atoms with Crippen LogP contribution in [0.25, 0.3) is 0 Å². The van der Waals surface area contributed by atoms with Gasteiger partial charge in [0.05, 0.1) is 17.5 Å². The molecule has 1 aromatic heterocycles. The average molecular weight is 530 g/mol. The van der Waals surface area contributed by atoms with Crippen LogP contribution in [0.5, 0.6) is 0 Å². The van der Waals surface area contributed by atoms with Crippen LogP contribution in [0.15, 0.2) is 24.5 Å². The Morgan fingerprint density at radius 2 is 1.92 bits per heavy atom. The number of nitrogens with zero attached hydrogens (tertiary/aromatic N) is 4. The van der Waals surface area contributed by atoms with Gasteiger partial charge in [-0.2, -0.15) is 17.6 Å². The molecule has 36 heavy (non-hydrogen) atoms. The number of nitrogens with two attached hydrogens (primary N) is 2. The monoisotopic (exact) mass is 529 g/mol. The first-order chi connectivity index (χ1) is 17.0. The molecule has 2 fully saturated rings. The number of carbonyl (C=O) groups is 2. The lowest BCUT2D eigenvalue weighted by Crippen LogP contribution is -2.61. The highest BCUT2D eigenvalue weighted by Gasteiger charge is 2.43. The Kier molecular flexibility index (Phi) is 7.12. The third-order valence-corrected chi connectivity index (χ3v) is 6.70. The second-order valence-electron chi connectivity index (χ2n) is 8.80. The summed E-state index contributed by atoms with van der Waals surface area (Å²) in [5.74, 6) is -2.89. The van der Waals surface area contributed by atoms with Crippen molar-refractivity contribution in [3.8, 4) is 0 Å². The third-order valence-electron chi connectivity index (χ3n) is 6.48. The first-order valence-corrected chi connectivity index (χ1v) is 11.6. The van der Waals surface area contributed by atoms with Gasteiger partial charge < -0.3 is 26.6 Å². The molecule has 1 unspecified atom stereocenters. The third kappa shape index (κ3) is 5.25. The summed E-state index contributed by atoms with van der Waals surface area (Å²) in [6.07, 6.45) is -2.36. The van der Waals surface area contributed by atoms with Gasteiger partial charge in [0.2, 0.25) is 17.6 Å². The number of hydrogen-bond acceptors (Lipinski definition) is 7. The fourth-order valence-electron chi connectivity index (χ4n) is 4.77. The second-order valence-corrected chi connectivity index (χ2v) is 9.24. The lowest BCUT2D eigenvalue weighted by molar-refractivity contribution is -0.140. The fraction of sp³-hybridized carbons (Fsp3) is 0.455. The summed E-state index contributed by atoms with van der Waals surface area (Å²) >= 11 is 5.87. The maximum atomic E-state index is 14.6. The minimum absolute atomic E-state index is 0.0466. The number of primary amides is 1. The average Bonchev–Trinajstić information content (AvgIpc) is 2.81. The molecule has 3 atom stereocenters. The number of piperidine rings is 2. The Hall–Kier alpha value is -3.35. The summed E-state index contributed by atoms with van der Waals surface area (Å²) in [5, 5.41) is 2.72. The zero-order valence-electron chi connectivity index (χ0n) is 18.9. The molecule has 0 spiro atoms. The number of nitrogen functional groups attached to an aromatic ring is 1. The molecule has 9 nitrogen and oxygen atoms in total. The fourth-order valence-corrected chi connectivity index (χ4v) is 5.00. The number of amides is 2. The number of hydrogen-bond donors (Lipinski definition) is 3. The maximum Gasteiger partial charge on any atom is 0.416 e. The number of carbonyl (C=O) groups excluding carboxylic acids is 2. The van der Waals surface area contributed by atoms with Gasteiger partial charge in [0.1, 0.15) is 12.4 Å². The van der Waals surface area contributed by atoms with Crippen LogP contribution in [-0.2, 0) is 15.8 Å². The van der Waals surface area contributed by atoms with E-state index in [0.717, 1.165) is 18.5 Å². The highest BCUT2D eigenvalue weighted by atomic mass is 35.5. The van der Waals surface area contributed by atoms with Crippen molar-refractivity contribution in [2.75, 3.05) is 35.6 Å². The van der Waals surface area contributed by atoms with E-state index in [1.165, 1.54) is 11.0 Å². The SMILES string of the molecule is NC(=O)[C@@H]1CCN(c2ncnc(N)c2F)C[C@H]1N1CCCC(Nc2cc(Cl)cc(C(F)(F)F)c2)C1=O. The van der Waals surface area contributed by atoms with Gasteiger partial charge >= 0.3 is 6.18 Å². The van der Waals surface area contributed by atoms with Crippen molar-refractivity contribution in [1.29, 1.82) is 0 Å². The topological polar surface area (TPSA) is 130 Å². The highest BCUT2D eigenvalue weighted by molar-refractivity contribution is 6.31. The summed E-state index contributed by atoms with van der Waals surface area (Å²) in [4.78, 5) is 36.3. The van der Waals surface area contributed by atoms with Crippen molar-refractivity contribution in [3.63, 3.8) is 0 Å². The molecule has 4 rings (SSSR count). The standard InChI is InChI=1S/C22H24ClF4N7O2/c23-12-6-11(22(25,26)27)7-13(8-12)32-15-2-1-4-34(21(15)36)16-9-33(5-3-14(16)19(29)35)20-17(24)18(28)30-10-31-20/h6-8,10,14-16,32H,1-5,9H2,(H2,29,35)(H2,28,30,31)/t14-,15?,16-/m1/s1. The summed E-state index contributed by atoms with van der Waals surface area (Å²) in [6, 6.07) is 1.44. The van der Waals surface area contributed by atoms with Crippen molar-refractivity contribution in [1.82, 2.24) is 14.9 Å².